The Bertz CT molecular complexity index is 1860. The van der Waals surface area contributed by atoms with Crippen LogP contribution in [0.15, 0.2) is 97.1 Å². The second-order valence-electron chi connectivity index (χ2n) is 11.0. The van der Waals surface area contributed by atoms with Crippen LogP contribution in [-0.2, 0) is 12.5 Å². The second-order valence-corrected chi connectivity index (χ2v) is 11.0. The maximum atomic E-state index is 15.3. The van der Waals surface area contributed by atoms with E-state index in [2.05, 4.69) is 16.4 Å². The van der Waals surface area contributed by atoms with Gasteiger partial charge in [0.05, 0.1) is 11.1 Å². The lowest BCUT2D eigenvalue weighted by Crippen LogP contribution is -2.22. The minimum atomic E-state index is -5.20. The van der Waals surface area contributed by atoms with Crippen LogP contribution in [0.1, 0.15) is 37.3 Å². The van der Waals surface area contributed by atoms with E-state index in [0.717, 1.165) is 67.6 Å². The first kappa shape index (κ1) is 34.4. The first-order valence-electron chi connectivity index (χ1n) is 14.9. The number of halogens is 9. The van der Waals surface area contributed by atoms with Gasteiger partial charge in [0.2, 0.25) is 0 Å². The third kappa shape index (κ3) is 8.13. The molecule has 0 fully saturated rings. The van der Waals surface area contributed by atoms with Crippen molar-refractivity contribution in [2.75, 3.05) is 0 Å². The number of benzene rings is 5. The summed E-state index contributed by atoms with van der Waals surface area (Å²) in [6.45, 7) is 2.13. The summed E-state index contributed by atoms with van der Waals surface area (Å²) in [5.41, 5.74) is 0.974. The van der Waals surface area contributed by atoms with Gasteiger partial charge in [-0.2, -0.15) is 8.78 Å². The minimum absolute atomic E-state index is 0.0409. The van der Waals surface area contributed by atoms with Crippen molar-refractivity contribution in [3.05, 3.63) is 131 Å². The minimum Gasteiger partial charge on any atom is -0.429 e. The van der Waals surface area contributed by atoms with Gasteiger partial charge in [-0.05, 0) is 83.1 Å². The highest BCUT2D eigenvalue weighted by molar-refractivity contribution is 5.75. The Kier molecular flexibility index (Phi) is 10.1. The van der Waals surface area contributed by atoms with E-state index in [1.807, 2.05) is 24.3 Å². The van der Waals surface area contributed by atoms with Crippen molar-refractivity contribution in [1.29, 1.82) is 0 Å². The predicted octanol–water partition coefficient (Wildman–Crippen LogP) is 12.0. The highest BCUT2D eigenvalue weighted by Gasteiger charge is 2.36. The van der Waals surface area contributed by atoms with Crippen LogP contribution in [0.3, 0.4) is 0 Å². The fourth-order valence-electron chi connectivity index (χ4n) is 5.17. The number of hydrogen-bond acceptors (Lipinski definition) is 2. The van der Waals surface area contributed by atoms with Gasteiger partial charge in [0, 0.05) is 11.6 Å². The van der Waals surface area contributed by atoms with Gasteiger partial charge in [-0.25, -0.2) is 17.6 Å². The molecule has 0 atom stereocenters. The van der Waals surface area contributed by atoms with Crippen molar-refractivity contribution in [3.63, 3.8) is 0 Å². The van der Waals surface area contributed by atoms with Gasteiger partial charge in [-0.15, -0.1) is 13.2 Å². The van der Waals surface area contributed by atoms with Crippen LogP contribution in [0.5, 0.6) is 11.5 Å². The second kappa shape index (κ2) is 14.0. The van der Waals surface area contributed by atoms with Crippen LogP contribution in [0, 0.1) is 23.3 Å². The fraction of sp³-hybridized carbons (Fsp3) is 0.189. The lowest BCUT2D eigenvalue weighted by Gasteiger charge is -2.19. The van der Waals surface area contributed by atoms with Crippen LogP contribution < -0.4 is 9.47 Å². The number of unbranched alkanes of at least 4 members (excludes halogenated alkanes) is 2. The smallest absolute Gasteiger partial charge is 0.429 e. The summed E-state index contributed by atoms with van der Waals surface area (Å²) >= 11 is 0. The van der Waals surface area contributed by atoms with Gasteiger partial charge in [-0.1, -0.05) is 68.3 Å². The van der Waals surface area contributed by atoms with E-state index in [-0.39, 0.29) is 16.7 Å². The van der Waals surface area contributed by atoms with Crippen molar-refractivity contribution >= 4 is 0 Å². The normalized spacial score (nSPS) is 11.9. The first-order valence-corrected chi connectivity index (χ1v) is 14.9. The number of hydrogen-bond donors (Lipinski definition) is 0. The molecule has 0 amide bonds. The molecule has 0 bridgehead atoms. The molecular formula is C37H27F9O2. The molecule has 2 nitrogen and oxygen atoms in total. The molecule has 5 aromatic rings. The number of rotatable bonds is 11. The summed E-state index contributed by atoms with van der Waals surface area (Å²) in [7, 11) is 0. The number of alkyl halides is 5. The standard InChI is InChI=1S/C37H27F9O2/c1-2-3-4-5-22-6-8-23(9-7-22)25-12-16-29(30(38)18-25)26-19-32(40)35(33(41)20-26)24-10-13-27(14-11-24)36(42,43)47-28-15-17-34(31(39)21-28)48-37(44,45)46/h6-21H,2-5H2,1H3. The molecule has 0 unspecified atom stereocenters. The zero-order chi connectivity index (χ0) is 34.6. The number of aryl methyl sites for hydroxylation is 1. The molecule has 5 aromatic carbocycles. The highest BCUT2D eigenvalue weighted by Crippen LogP contribution is 2.37. The Labute approximate surface area is 270 Å². The van der Waals surface area contributed by atoms with Crippen LogP contribution in [0.4, 0.5) is 39.5 Å². The van der Waals surface area contributed by atoms with E-state index in [9.17, 15) is 26.3 Å². The molecule has 0 aliphatic carbocycles. The summed E-state index contributed by atoms with van der Waals surface area (Å²) in [6.07, 6.45) is -5.02. The van der Waals surface area contributed by atoms with Crippen molar-refractivity contribution < 1.29 is 49.0 Å². The lowest BCUT2D eigenvalue weighted by molar-refractivity contribution is -0.275. The average Bonchev–Trinajstić information content (AvgIpc) is 3.02. The highest BCUT2D eigenvalue weighted by atomic mass is 19.4. The van der Waals surface area contributed by atoms with E-state index in [1.165, 1.54) is 17.7 Å². The van der Waals surface area contributed by atoms with Crippen molar-refractivity contribution in [1.82, 2.24) is 0 Å². The predicted molar refractivity (Wildman–Crippen MR) is 163 cm³/mol. The fourth-order valence-corrected chi connectivity index (χ4v) is 5.17. The SMILES string of the molecule is CCCCCc1ccc(-c2ccc(-c3cc(F)c(-c4ccc(C(F)(F)Oc5ccc(OC(F)(F)F)c(F)c5)cc4)c(F)c3)c(F)c2)cc1. The third-order valence-electron chi connectivity index (χ3n) is 7.56. The molecule has 0 aromatic heterocycles. The lowest BCUT2D eigenvalue weighted by atomic mass is 9.95. The molecule has 0 aliphatic rings. The van der Waals surface area contributed by atoms with E-state index in [0.29, 0.717) is 23.8 Å². The quantitative estimate of drug-likeness (QED) is 0.103. The molecule has 11 heteroatoms. The molecule has 0 saturated heterocycles. The van der Waals surface area contributed by atoms with Crippen molar-refractivity contribution in [2.45, 2.75) is 45.1 Å². The molecule has 0 N–H and O–H groups in total. The number of ether oxygens (including phenoxy) is 2. The van der Waals surface area contributed by atoms with Gasteiger partial charge in [0.25, 0.3) is 0 Å². The van der Waals surface area contributed by atoms with E-state index >= 15 is 13.2 Å². The molecule has 250 valence electrons. The maximum Gasteiger partial charge on any atom is 0.573 e. The van der Waals surface area contributed by atoms with Crippen molar-refractivity contribution in [3.8, 4) is 44.9 Å². The zero-order valence-electron chi connectivity index (χ0n) is 25.3. The molecule has 48 heavy (non-hydrogen) atoms. The summed E-state index contributed by atoms with van der Waals surface area (Å²) in [4.78, 5) is 0. The largest absolute Gasteiger partial charge is 0.573 e. The van der Waals surface area contributed by atoms with E-state index in [4.69, 9.17) is 0 Å². The molecule has 0 spiro atoms. The molecule has 0 saturated carbocycles. The van der Waals surface area contributed by atoms with Gasteiger partial charge in [0.15, 0.2) is 11.6 Å². The van der Waals surface area contributed by atoms with E-state index < -0.39 is 58.4 Å². The molecular weight excluding hydrogens is 647 g/mol. The van der Waals surface area contributed by atoms with Crippen LogP contribution in [-0.4, -0.2) is 6.36 Å². The van der Waals surface area contributed by atoms with Crippen molar-refractivity contribution in [2.24, 2.45) is 0 Å². The maximum absolute atomic E-state index is 15.3. The van der Waals surface area contributed by atoms with Crippen LogP contribution in [0.2, 0.25) is 0 Å². The Morgan fingerprint density at radius 3 is 1.73 bits per heavy atom. The Balaban J connectivity index is 1.32. The zero-order valence-corrected chi connectivity index (χ0v) is 25.3. The summed E-state index contributed by atoms with van der Waals surface area (Å²) in [5.74, 6) is -6.47. The van der Waals surface area contributed by atoms with Gasteiger partial charge in [0.1, 0.15) is 23.2 Å². The topological polar surface area (TPSA) is 18.5 Å². The van der Waals surface area contributed by atoms with Crippen LogP contribution in [0.25, 0.3) is 33.4 Å². The Morgan fingerprint density at radius 2 is 1.15 bits per heavy atom. The summed E-state index contributed by atoms with van der Waals surface area (Å²) in [5, 5.41) is 0. The molecule has 5 rings (SSSR count). The van der Waals surface area contributed by atoms with Gasteiger partial charge < -0.3 is 9.47 Å². The van der Waals surface area contributed by atoms with E-state index in [1.54, 1.807) is 6.07 Å². The average molecular weight is 675 g/mol. The third-order valence-corrected chi connectivity index (χ3v) is 7.56. The monoisotopic (exact) mass is 674 g/mol. The first-order chi connectivity index (χ1) is 22.7. The molecule has 0 heterocycles. The summed E-state index contributed by atoms with van der Waals surface area (Å²) in [6, 6.07) is 19.0. The Hall–Kier alpha value is -4.93. The molecule has 0 aliphatic heterocycles. The molecule has 0 radical (unpaired) electrons. The summed E-state index contributed by atoms with van der Waals surface area (Å²) < 4.78 is 134. The van der Waals surface area contributed by atoms with Crippen LogP contribution >= 0.6 is 0 Å². The Morgan fingerprint density at radius 1 is 0.542 bits per heavy atom. The van der Waals surface area contributed by atoms with Gasteiger partial charge >= 0.3 is 12.5 Å². The van der Waals surface area contributed by atoms with Gasteiger partial charge in [-0.3, -0.25) is 0 Å².